The van der Waals surface area contributed by atoms with Crippen molar-refractivity contribution in [2.24, 2.45) is 0 Å². The smallest absolute Gasteiger partial charge is 0.257 e. The number of hydrogen-bond donors (Lipinski definition) is 1. The average molecular weight is 290 g/mol. The van der Waals surface area contributed by atoms with E-state index in [2.05, 4.69) is 6.92 Å². The van der Waals surface area contributed by atoms with E-state index in [9.17, 15) is 4.79 Å². The molecule has 1 aromatic carbocycles. The number of benzene rings is 1. The predicted octanol–water partition coefficient (Wildman–Crippen LogP) is 3.46. The molecule has 1 atom stereocenters. The summed E-state index contributed by atoms with van der Waals surface area (Å²) in [5.41, 5.74) is 7.10. The third-order valence-corrected chi connectivity index (χ3v) is 4.17. The van der Waals surface area contributed by atoms with E-state index in [0.29, 0.717) is 29.6 Å². The largest absolute Gasteiger partial charge is 0.491 e. The van der Waals surface area contributed by atoms with Crippen LogP contribution in [0.5, 0.6) is 5.75 Å². The molecule has 0 radical (unpaired) electrons. The van der Waals surface area contributed by atoms with Crippen molar-refractivity contribution in [2.75, 3.05) is 18.9 Å². The van der Waals surface area contributed by atoms with Gasteiger partial charge in [-0.3, -0.25) is 4.79 Å². The second-order valence-corrected chi connectivity index (χ2v) is 5.57. The van der Waals surface area contributed by atoms with Crippen molar-refractivity contribution >= 4 is 11.6 Å². The third-order valence-electron chi connectivity index (χ3n) is 4.17. The molecule has 2 N–H and O–H groups in total. The summed E-state index contributed by atoms with van der Waals surface area (Å²) >= 11 is 0. The molecule has 1 aliphatic rings. The van der Waals surface area contributed by atoms with Crippen LogP contribution in [0.15, 0.2) is 18.2 Å². The van der Waals surface area contributed by atoms with Crippen LogP contribution in [-0.2, 0) is 0 Å². The first-order valence-corrected chi connectivity index (χ1v) is 8.01. The van der Waals surface area contributed by atoms with E-state index in [4.69, 9.17) is 10.5 Å². The van der Waals surface area contributed by atoms with Gasteiger partial charge >= 0.3 is 0 Å². The molecule has 1 aromatic rings. The van der Waals surface area contributed by atoms with Gasteiger partial charge in [0.05, 0.1) is 17.9 Å². The molecule has 0 saturated carbocycles. The Kier molecular flexibility index (Phi) is 5.48. The van der Waals surface area contributed by atoms with E-state index in [1.165, 1.54) is 12.8 Å². The summed E-state index contributed by atoms with van der Waals surface area (Å²) < 4.78 is 5.61. The van der Waals surface area contributed by atoms with Gasteiger partial charge in [-0.1, -0.05) is 25.8 Å². The molecule has 0 spiro atoms. The number of anilines is 1. The number of para-hydroxylation sites is 1. The van der Waals surface area contributed by atoms with Crippen LogP contribution in [0.3, 0.4) is 0 Å². The molecule has 116 valence electrons. The lowest BCUT2D eigenvalue weighted by Gasteiger charge is -2.30. The van der Waals surface area contributed by atoms with E-state index in [1.807, 2.05) is 24.0 Å². The van der Waals surface area contributed by atoms with E-state index < -0.39 is 0 Å². The fraction of sp³-hybridized carbons (Fsp3) is 0.588. The summed E-state index contributed by atoms with van der Waals surface area (Å²) in [6.45, 7) is 5.39. The topological polar surface area (TPSA) is 55.6 Å². The molecule has 1 unspecified atom stereocenters. The Labute approximate surface area is 127 Å². The highest BCUT2D eigenvalue weighted by Crippen LogP contribution is 2.30. The van der Waals surface area contributed by atoms with Crippen LogP contribution in [0.2, 0.25) is 0 Å². The SMILES string of the molecule is CCOc1c(N)cccc1C(=O)N1CCCCCC1CC. The van der Waals surface area contributed by atoms with Crippen molar-refractivity contribution in [3.8, 4) is 5.75 Å². The summed E-state index contributed by atoms with van der Waals surface area (Å²) in [5.74, 6) is 0.587. The van der Waals surface area contributed by atoms with Gasteiger partial charge in [0.15, 0.2) is 5.75 Å². The second kappa shape index (κ2) is 7.34. The molecule has 2 rings (SSSR count). The first-order valence-electron chi connectivity index (χ1n) is 8.01. The van der Waals surface area contributed by atoms with Crippen LogP contribution in [0.25, 0.3) is 0 Å². The number of carbonyl (C=O) groups is 1. The van der Waals surface area contributed by atoms with Crippen LogP contribution < -0.4 is 10.5 Å². The van der Waals surface area contributed by atoms with Gasteiger partial charge in [-0.05, 0) is 38.3 Å². The van der Waals surface area contributed by atoms with Crippen molar-refractivity contribution in [1.82, 2.24) is 4.90 Å². The lowest BCUT2D eigenvalue weighted by molar-refractivity contribution is 0.0674. The highest BCUT2D eigenvalue weighted by molar-refractivity contribution is 5.98. The molecule has 1 saturated heterocycles. The van der Waals surface area contributed by atoms with Gasteiger partial charge in [0.2, 0.25) is 0 Å². The fourth-order valence-electron chi connectivity index (χ4n) is 3.05. The van der Waals surface area contributed by atoms with Gasteiger partial charge in [0, 0.05) is 12.6 Å². The van der Waals surface area contributed by atoms with Crippen LogP contribution in [0.4, 0.5) is 5.69 Å². The molecule has 4 nitrogen and oxygen atoms in total. The normalized spacial score (nSPS) is 19.1. The summed E-state index contributed by atoms with van der Waals surface area (Å²) in [5, 5.41) is 0. The molecule has 0 aromatic heterocycles. The molecular weight excluding hydrogens is 264 g/mol. The first-order chi connectivity index (χ1) is 10.2. The summed E-state index contributed by atoms with van der Waals surface area (Å²) in [4.78, 5) is 15.0. The number of hydrogen-bond acceptors (Lipinski definition) is 3. The molecule has 1 fully saturated rings. The van der Waals surface area contributed by atoms with Gasteiger partial charge in [0.1, 0.15) is 0 Å². The van der Waals surface area contributed by atoms with Gasteiger partial charge in [0.25, 0.3) is 5.91 Å². The highest BCUT2D eigenvalue weighted by atomic mass is 16.5. The second-order valence-electron chi connectivity index (χ2n) is 5.57. The highest BCUT2D eigenvalue weighted by Gasteiger charge is 2.27. The molecule has 1 heterocycles. The zero-order valence-electron chi connectivity index (χ0n) is 13.1. The van der Waals surface area contributed by atoms with Crippen molar-refractivity contribution in [2.45, 2.75) is 52.0 Å². The number of nitrogens with zero attached hydrogens (tertiary/aromatic N) is 1. The zero-order valence-corrected chi connectivity index (χ0v) is 13.1. The number of ether oxygens (including phenoxy) is 1. The quantitative estimate of drug-likeness (QED) is 0.864. The predicted molar refractivity (Wildman–Crippen MR) is 85.6 cm³/mol. The molecule has 4 heteroatoms. The van der Waals surface area contributed by atoms with Crippen molar-refractivity contribution in [3.05, 3.63) is 23.8 Å². The number of nitrogen functional groups attached to an aromatic ring is 1. The van der Waals surface area contributed by atoms with Crippen LogP contribution in [0, 0.1) is 0 Å². The molecule has 0 aliphatic carbocycles. The van der Waals surface area contributed by atoms with Crippen LogP contribution in [-0.4, -0.2) is 30.0 Å². The third kappa shape index (κ3) is 3.49. The Morgan fingerprint density at radius 1 is 1.33 bits per heavy atom. The minimum atomic E-state index is 0.0551. The molecule has 1 amide bonds. The number of nitrogens with two attached hydrogens (primary N) is 1. The minimum absolute atomic E-state index is 0.0551. The maximum Gasteiger partial charge on any atom is 0.257 e. The Morgan fingerprint density at radius 3 is 2.86 bits per heavy atom. The van der Waals surface area contributed by atoms with E-state index >= 15 is 0 Å². The van der Waals surface area contributed by atoms with E-state index in [0.717, 1.165) is 25.8 Å². The van der Waals surface area contributed by atoms with Gasteiger partial charge in [-0.2, -0.15) is 0 Å². The zero-order chi connectivity index (χ0) is 15.2. The van der Waals surface area contributed by atoms with Crippen LogP contribution >= 0.6 is 0 Å². The lowest BCUT2D eigenvalue weighted by atomic mass is 10.1. The minimum Gasteiger partial charge on any atom is -0.491 e. The van der Waals surface area contributed by atoms with E-state index in [-0.39, 0.29) is 5.91 Å². The summed E-state index contributed by atoms with van der Waals surface area (Å²) in [6.07, 6.45) is 5.58. The number of amides is 1. The number of rotatable bonds is 4. The Bertz CT molecular complexity index is 488. The lowest BCUT2D eigenvalue weighted by Crippen LogP contribution is -2.39. The average Bonchev–Trinajstić information content (AvgIpc) is 2.74. The maximum atomic E-state index is 13.0. The summed E-state index contributed by atoms with van der Waals surface area (Å²) in [7, 11) is 0. The maximum absolute atomic E-state index is 13.0. The fourth-order valence-corrected chi connectivity index (χ4v) is 3.05. The number of carbonyl (C=O) groups excluding carboxylic acids is 1. The van der Waals surface area contributed by atoms with Gasteiger partial charge in [-0.15, -0.1) is 0 Å². The molecular formula is C17H26N2O2. The van der Waals surface area contributed by atoms with E-state index in [1.54, 1.807) is 6.07 Å². The Hall–Kier alpha value is -1.71. The van der Waals surface area contributed by atoms with Crippen molar-refractivity contribution < 1.29 is 9.53 Å². The van der Waals surface area contributed by atoms with Crippen LogP contribution in [0.1, 0.15) is 56.3 Å². The Balaban J connectivity index is 2.31. The first kappa shape index (κ1) is 15.7. The monoisotopic (exact) mass is 290 g/mol. The van der Waals surface area contributed by atoms with Crippen molar-refractivity contribution in [1.29, 1.82) is 0 Å². The van der Waals surface area contributed by atoms with Crippen molar-refractivity contribution in [3.63, 3.8) is 0 Å². The summed E-state index contributed by atoms with van der Waals surface area (Å²) in [6, 6.07) is 5.75. The van der Waals surface area contributed by atoms with Gasteiger partial charge < -0.3 is 15.4 Å². The number of likely N-dealkylation sites (tertiary alicyclic amines) is 1. The molecule has 0 bridgehead atoms. The van der Waals surface area contributed by atoms with Gasteiger partial charge in [-0.25, -0.2) is 0 Å². The molecule has 1 aliphatic heterocycles. The standard InChI is InChI=1S/C17H26N2O2/c1-3-13-9-6-5-7-12-19(13)17(20)14-10-8-11-15(18)16(14)21-4-2/h8,10-11,13H,3-7,9,12,18H2,1-2H3. The Morgan fingerprint density at radius 2 is 2.14 bits per heavy atom. The molecule has 21 heavy (non-hydrogen) atoms.